The van der Waals surface area contributed by atoms with Crippen molar-refractivity contribution in [1.29, 1.82) is 0 Å². The Balaban J connectivity index is 1.74. The molecule has 0 aliphatic rings. The summed E-state index contributed by atoms with van der Waals surface area (Å²) in [6, 6.07) is 9.76. The second kappa shape index (κ2) is 10.3. The van der Waals surface area contributed by atoms with Gasteiger partial charge in [-0.25, -0.2) is 4.39 Å². The van der Waals surface area contributed by atoms with Crippen LogP contribution in [-0.4, -0.2) is 32.7 Å². The minimum atomic E-state index is -0.533. The van der Waals surface area contributed by atoms with Gasteiger partial charge >= 0.3 is 0 Å². The molecular formula is C19H22Cl2FN2O3+. The highest BCUT2D eigenvalue weighted by atomic mass is 35.5. The number of benzene rings is 2. The van der Waals surface area contributed by atoms with E-state index in [1.165, 1.54) is 12.1 Å². The molecule has 146 valence electrons. The third-order valence-corrected chi connectivity index (χ3v) is 4.55. The zero-order chi connectivity index (χ0) is 19.8. The first-order valence-electron chi connectivity index (χ1n) is 8.42. The molecule has 0 bridgehead atoms. The van der Waals surface area contributed by atoms with Crippen LogP contribution >= 0.6 is 23.2 Å². The monoisotopic (exact) mass is 415 g/mol. The molecule has 0 aliphatic heterocycles. The van der Waals surface area contributed by atoms with Crippen molar-refractivity contribution < 1.29 is 24.0 Å². The van der Waals surface area contributed by atoms with Gasteiger partial charge in [-0.3, -0.25) is 4.79 Å². The maximum Gasteiger partial charge on any atom is 0.275 e. The van der Waals surface area contributed by atoms with Crippen molar-refractivity contribution >= 4 is 29.1 Å². The molecule has 0 aromatic heterocycles. The molecule has 2 aromatic rings. The van der Waals surface area contributed by atoms with Gasteiger partial charge < -0.3 is 20.1 Å². The first-order chi connectivity index (χ1) is 12.9. The molecule has 0 spiro atoms. The zero-order valence-electron chi connectivity index (χ0n) is 15.1. The van der Waals surface area contributed by atoms with E-state index in [0.29, 0.717) is 35.2 Å². The predicted molar refractivity (Wildman–Crippen MR) is 103 cm³/mol. The van der Waals surface area contributed by atoms with E-state index in [1.54, 1.807) is 24.6 Å². The molecule has 1 amide bonds. The summed E-state index contributed by atoms with van der Waals surface area (Å²) in [5.74, 6) is 0.567. The number of nitrogens with two attached hydrogens (primary N) is 1. The largest absolute Gasteiger partial charge is 0.493 e. The van der Waals surface area contributed by atoms with Crippen molar-refractivity contribution in [1.82, 2.24) is 5.32 Å². The maximum atomic E-state index is 13.6. The second-order valence-corrected chi connectivity index (χ2v) is 6.68. The minimum absolute atomic E-state index is 0.0243. The van der Waals surface area contributed by atoms with Crippen LogP contribution in [-0.2, 0) is 4.79 Å². The Hall–Kier alpha value is -2.02. The molecule has 0 heterocycles. The van der Waals surface area contributed by atoms with Crippen LogP contribution in [0.4, 0.5) is 4.39 Å². The lowest BCUT2D eigenvalue weighted by Gasteiger charge is -2.14. The molecule has 27 heavy (non-hydrogen) atoms. The number of amides is 1. The van der Waals surface area contributed by atoms with Gasteiger partial charge in [0.2, 0.25) is 0 Å². The van der Waals surface area contributed by atoms with Gasteiger partial charge in [0.25, 0.3) is 5.91 Å². The molecule has 2 rings (SSSR count). The lowest BCUT2D eigenvalue weighted by molar-refractivity contribution is -0.682. The van der Waals surface area contributed by atoms with Crippen LogP contribution < -0.4 is 20.1 Å². The number of hydrogen-bond donors (Lipinski definition) is 2. The smallest absolute Gasteiger partial charge is 0.275 e. The molecule has 8 heteroatoms. The normalized spacial score (nSPS) is 11.7. The first kappa shape index (κ1) is 21.3. The molecule has 2 aromatic carbocycles. The van der Waals surface area contributed by atoms with E-state index in [-0.39, 0.29) is 23.5 Å². The molecule has 1 atom stereocenters. The van der Waals surface area contributed by atoms with Gasteiger partial charge in [0.1, 0.15) is 18.5 Å². The number of ether oxygens (including phenoxy) is 2. The van der Waals surface area contributed by atoms with Crippen LogP contribution in [0.15, 0.2) is 36.4 Å². The summed E-state index contributed by atoms with van der Waals surface area (Å²) < 4.78 is 24.4. The van der Waals surface area contributed by atoms with Crippen LogP contribution in [0.1, 0.15) is 18.5 Å². The van der Waals surface area contributed by atoms with Crippen molar-refractivity contribution in [2.45, 2.75) is 13.0 Å². The van der Waals surface area contributed by atoms with Crippen LogP contribution in [0.3, 0.4) is 0 Å². The summed E-state index contributed by atoms with van der Waals surface area (Å²) in [6.07, 6.45) is 0. The SMILES string of the molecule is COc1ccccc1OCCNC(=O)C[NH2+][C@H](C)c1cc(F)c(Cl)cc1Cl. The summed E-state index contributed by atoms with van der Waals surface area (Å²) in [5, 5.41) is 4.88. The number of nitrogens with one attached hydrogen (secondary N) is 1. The lowest BCUT2D eigenvalue weighted by atomic mass is 10.1. The van der Waals surface area contributed by atoms with Crippen molar-refractivity contribution in [2.24, 2.45) is 0 Å². The number of carbonyl (C=O) groups excluding carboxylic acids is 1. The number of rotatable bonds is 9. The molecule has 5 nitrogen and oxygen atoms in total. The summed E-state index contributed by atoms with van der Waals surface area (Å²) in [4.78, 5) is 12.0. The summed E-state index contributed by atoms with van der Waals surface area (Å²) in [5.41, 5.74) is 0.589. The summed E-state index contributed by atoms with van der Waals surface area (Å²) in [6.45, 7) is 2.69. The number of quaternary nitrogens is 1. The highest BCUT2D eigenvalue weighted by Crippen LogP contribution is 2.27. The van der Waals surface area contributed by atoms with Gasteiger partial charge in [-0.15, -0.1) is 0 Å². The zero-order valence-corrected chi connectivity index (χ0v) is 16.6. The van der Waals surface area contributed by atoms with E-state index >= 15 is 0 Å². The Bertz CT molecular complexity index is 790. The first-order valence-corrected chi connectivity index (χ1v) is 9.18. The van der Waals surface area contributed by atoms with Crippen molar-refractivity contribution in [3.05, 3.63) is 57.8 Å². The number of carbonyl (C=O) groups is 1. The Kier molecular flexibility index (Phi) is 8.16. The Morgan fingerprint density at radius 1 is 1.22 bits per heavy atom. The molecule has 0 aliphatic carbocycles. The minimum Gasteiger partial charge on any atom is -0.493 e. The number of methoxy groups -OCH3 is 1. The highest BCUT2D eigenvalue weighted by molar-refractivity contribution is 6.35. The Labute approximate surface area is 167 Å². The van der Waals surface area contributed by atoms with E-state index in [0.717, 1.165) is 0 Å². The Morgan fingerprint density at radius 2 is 1.93 bits per heavy atom. The molecular weight excluding hydrogens is 394 g/mol. The van der Waals surface area contributed by atoms with Crippen LogP contribution in [0.2, 0.25) is 10.0 Å². The molecule has 0 saturated carbocycles. The van der Waals surface area contributed by atoms with Crippen molar-refractivity contribution in [3.63, 3.8) is 0 Å². The number of halogens is 3. The summed E-state index contributed by atoms with van der Waals surface area (Å²) in [7, 11) is 1.57. The Morgan fingerprint density at radius 3 is 2.63 bits per heavy atom. The van der Waals surface area contributed by atoms with Crippen LogP contribution in [0.25, 0.3) is 0 Å². The number of hydrogen-bond acceptors (Lipinski definition) is 3. The highest BCUT2D eigenvalue weighted by Gasteiger charge is 2.17. The fourth-order valence-electron chi connectivity index (χ4n) is 2.46. The van der Waals surface area contributed by atoms with Crippen molar-refractivity contribution in [2.75, 3.05) is 26.8 Å². The van der Waals surface area contributed by atoms with E-state index in [2.05, 4.69) is 5.32 Å². The fourth-order valence-corrected chi connectivity index (χ4v) is 3.01. The maximum absolute atomic E-state index is 13.6. The van der Waals surface area contributed by atoms with Gasteiger partial charge in [-0.1, -0.05) is 35.3 Å². The van der Waals surface area contributed by atoms with Crippen molar-refractivity contribution in [3.8, 4) is 11.5 Å². The third-order valence-electron chi connectivity index (χ3n) is 3.94. The molecule has 0 fully saturated rings. The van der Waals surface area contributed by atoms with Gasteiger partial charge in [0.05, 0.1) is 23.7 Å². The van der Waals surface area contributed by atoms with E-state index in [9.17, 15) is 9.18 Å². The van der Waals surface area contributed by atoms with E-state index in [1.807, 2.05) is 19.1 Å². The van der Waals surface area contributed by atoms with Gasteiger partial charge in [0.15, 0.2) is 18.0 Å². The number of para-hydroxylation sites is 2. The van der Waals surface area contributed by atoms with Gasteiger partial charge in [0, 0.05) is 5.56 Å². The second-order valence-electron chi connectivity index (χ2n) is 5.87. The van der Waals surface area contributed by atoms with E-state index in [4.69, 9.17) is 32.7 Å². The average molecular weight is 416 g/mol. The standard InChI is InChI=1S/C19H21Cl2FN2O3/c1-12(13-9-16(22)15(21)10-14(13)20)24-11-19(25)23-7-8-27-18-6-4-3-5-17(18)26-2/h3-6,9-10,12,24H,7-8,11H2,1-2H3,(H,23,25)/p+1/t12-/m1/s1. The lowest BCUT2D eigenvalue weighted by Crippen LogP contribution is -2.87. The fraction of sp³-hybridized carbons (Fsp3) is 0.316. The van der Waals surface area contributed by atoms with Crippen LogP contribution in [0, 0.1) is 5.82 Å². The molecule has 0 unspecified atom stereocenters. The van der Waals surface area contributed by atoms with Crippen LogP contribution in [0.5, 0.6) is 11.5 Å². The third kappa shape index (κ3) is 6.27. The average Bonchev–Trinajstić information content (AvgIpc) is 2.66. The molecule has 0 radical (unpaired) electrons. The quantitative estimate of drug-likeness (QED) is 0.488. The topological polar surface area (TPSA) is 64.2 Å². The van der Waals surface area contributed by atoms with E-state index < -0.39 is 5.82 Å². The summed E-state index contributed by atoms with van der Waals surface area (Å²) >= 11 is 11.8. The molecule has 3 N–H and O–H groups in total. The predicted octanol–water partition coefficient (Wildman–Crippen LogP) is 2.96. The van der Waals surface area contributed by atoms with Gasteiger partial charge in [-0.2, -0.15) is 0 Å². The van der Waals surface area contributed by atoms with Gasteiger partial charge in [-0.05, 0) is 31.2 Å². The molecule has 0 saturated heterocycles.